The molecule has 2 rings (SSSR count). The quantitative estimate of drug-likeness (QED) is 0.913. The van der Waals surface area contributed by atoms with E-state index in [1.54, 1.807) is 17.0 Å². The Morgan fingerprint density at radius 1 is 1.53 bits per heavy atom. The van der Waals surface area contributed by atoms with Crippen molar-refractivity contribution in [1.29, 1.82) is 0 Å². The SMILES string of the molecule is CN(C(=O)c1ccc(Br)cc1Cl)C1CCCC1CN. The molecule has 1 aliphatic carbocycles. The second-order valence-electron chi connectivity index (χ2n) is 5.03. The third kappa shape index (κ3) is 3.12. The molecule has 2 N–H and O–H groups in total. The zero-order chi connectivity index (χ0) is 14.0. The Labute approximate surface area is 127 Å². The molecule has 1 saturated carbocycles. The lowest BCUT2D eigenvalue weighted by Gasteiger charge is -2.29. The van der Waals surface area contributed by atoms with Gasteiger partial charge in [0.1, 0.15) is 0 Å². The van der Waals surface area contributed by atoms with Crippen LogP contribution in [-0.2, 0) is 0 Å². The molecule has 19 heavy (non-hydrogen) atoms. The first-order chi connectivity index (χ1) is 9.04. The van der Waals surface area contributed by atoms with Crippen molar-refractivity contribution in [3.8, 4) is 0 Å². The van der Waals surface area contributed by atoms with Crippen LogP contribution in [-0.4, -0.2) is 30.4 Å². The maximum Gasteiger partial charge on any atom is 0.255 e. The van der Waals surface area contributed by atoms with E-state index in [0.717, 1.165) is 23.7 Å². The van der Waals surface area contributed by atoms with Gasteiger partial charge in [0, 0.05) is 17.6 Å². The van der Waals surface area contributed by atoms with Gasteiger partial charge in [-0.15, -0.1) is 0 Å². The van der Waals surface area contributed by atoms with Gasteiger partial charge in [0.2, 0.25) is 0 Å². The van der Waals surface area contributed by atoms with Crippen LogP contribution in [0.25, 0.3) is 0 Å². The molecular weight excluding hydrogens is 328 g/mol. The lowest BCUT2D eigenvalue weighted by atomic mass is 10.0. The highest BCUT2D eigenvalue weighted by Crippen LogP contribution is 2.30. The molecule has 0 spiro atoms. The van der Waals surface area contributed by atoms with Crippen LogP contribution < -0.4 is 5.73 Å². The Bertz CT molecular complexity index is 481. The molecule has 1 amide bonds. The third-order valence-electron chi connectivity index (χ3n) is 3.90. The minimum Gasteiger partial charge on any atom is -0.338 e. The highest BCUT2D eigenvalue weighted by molar-refractivity contribution is 9.10. The number of nitrogens with zero attached hydrogens (tertiary/aromatic N) is 1. The van der Waals surface area contributed by atoms with E-state index in [-0.39, 0.29) is 11.9 Å². The molecule has 0 saturated heterocycles. The van der Waals surface area contributed by atoms with Crippen LogP contribution in [0.3, 0.4) is 0 Å². The van der Waals surface area contributed by atoms with Crippen molar-refractivity contribution in [1.82, 2.24) is 4.90 Å². The van der Waals surface area contributed by atoms with Gasteiger partial charge in [0.15, 0.2) is 0 Å². The molecule has 0 aromatic heterocycles. The molecule has 5 heteroatoms. The Hall–Kier alpha value is -0.580. The van der Waals surface area contributed by atoms with E-state index in [1.807, 2.05) is 13.1 Å². The monoisotopic (exact) mass is 344 g/mol. The van der Waals surface area contributed by atoms with Gasteiger partial charge >= 0.3 is 0 Å². The molecule has 1 aromatic carbocycles. The number of benzene rings is 1. The predicted octanol–water partition coefficient (Wildman–Crippen LogP) is 3.30. The topological polar surface area (TPSA) is 46.3 Å². The molecule has 0 radical (unpaired) electrons. The molecule has 0 aliphatic heterocycles. The number of halogens is 2. The van der Waals surface area contributed by atoms with E-state index in [0.29, 0.717) is 23.0 Å². The van der Waals surface area contributed by atoms with Crippen LogP contribution in [0.1, 0.15) is 29.6 Å². The van der Waals surface area contributed by atoms with Crippen molar-refractivity contribution in [2.24, 2.45) is 11.7 Å². The summed E-state index contributed by atoms with van der Waals surface area (Å²) in [5.74, 6) is 0.381. The van der Waals surface area contributed by atoms with Gasteiger partial charge in [-0.05, 0) is 43.5 Å². The number of hydrogen-bond acceptors (Lipinski definition) is 2. The normalized spacial score (nSPS) is 22.5. The number of carbonyl (C=O) groups is 1. The molecule has 3 nitrogen and oxygen atoms in total. The standard InChI is InChI=1S/C14H18BrClN2O/c1-18(13-4-2-3-9(13)8-17)14(19)11-6-5-10(15)7-12(11)16/h5-7,9,13H,2-4,8,17H2,1H3. The number of hydrogen-bond donors (Lipinski definition) is 1. The van der Waals surface area contributed by atoms with Crippen molar-refractivity contribution in [3.63, 3.8) is 0 Å². The largest absolute Gasteiger partial charge is 0.338 e. The highest BCUT2D eigenvalue weighted by atomic mass is 79.9. The summed E-state index contributed by atoms with van der Waals surface area (Å²) in [7, 11) is 1.85. The molecule has 1 fully saturated rings. The summed E-state index contributed by atoms with van der Waals surface area (Å²) >= 11 is 9.49. The fourth-order valence-corrected chi connectivity index (χ4v) is 3.56. The van der Waals surface area contributed by atoms with Gasteiger partial charge in [-0.25, -0.2) is 0 Å². The molecular formula is C14H18BrClN2O. The average Bonchev–Trinajstić information content (AvgIpc) is 2.85. The van der Waals surface area contributed by atoms with Gasteiger partial charge in [0.25, 0.3) is 5.91 Å². The lowest BCUT2D eigenvalue weighted by Crippen LogP contribution is -2.41. The van der Waals surface area contributed by atoms with Gasteiger partial charge in [-0.1, -0.05) is 34.0 Å². The smallest absolute Gasteiger partial charge is 0.255 e. The fraction of sp³-hybridized carbons (Fsp3) is 0.500. The van der Waals surface area contributed by atoms with Gasteiger partial charge in [-0.2, -0.15) is 0 Å². The zero-order valence-corrected chi connectivity index (χ0v) is 13.2. The second-order valence-corrected chi connectivity index (χ2v) is 6.36. The fourth-order valence-electron chi connectivity index (χ4n) is 2.81. The van der Waals surface area contributed by atoms with Crippen LogP contribution >= 0.6 is 27.5 Å². The van der Waals surface area contributed by atoms with Gasteiger partial charge in [-0.3, -0.25) is 4.79 Å². The second kappa shape index (κ2) is 6.25. The maximum atomic E-state index is 12.5. The summed E-state index contributed by atoms with van der Waals surface area (Å²) in [5, 5.41) is 0.480. The Kier molecular flexibility index (Phi) is 4.87. The Morgan fingerprint density at radius 2 is 2.26 bits per heavy atom. The van der Waals surface area contributed by atoms with Crippen molar-refractivity contribution in [3.05, 3.63) is 33.3 Å². The van der Waals surface area contributed by atoms with Crippen molar-refractivity contribution < 1.29 is 4.79 Å². The van der Waals surface area contributed by atoms with E-state index >= 15 is 0 Å². The van der Waals surface area contributed by atoms with Crippen LogP contribution in [0.2, 0.25) is 5.02 Å². The lowest BCUT2D eigenvalue weighted by molar-refractivity contribution is 0.0700. The van der Waals surface area contributed by atoms with Crippen LogP contribution in [0, 0.1) is 5.92 Å². The summed E-state index contributed by atoms with van der Waals surface area (Å²) in [4.78, 5) is 14.3. The van der Waals surface area contributed by atoms with Gasteiger partial charge < -0.3 is 10.6 Å². The molecule has 0 heterocycles. The van der Waals surface area contributed by atoms with E-state index < -0.39 is 0 Å². The van der Waals surface area contributed by atoms with E-state index in [2.05, 4.69) is 15.9 Å². The summed E-state index contributed by atoms with van der Waals surface area (Å²) in [6, 6.07) is 5.58. The number of carbonyl (C=O) groups excluding carboxylic acids is 1. The number of rotatable bonds is 3. The minimum absolute atomic E-state index is 0.0251. The van der Waals surface area contributed by atoms with E-state index in [1.165, 1.54) is 0 Å². The Balaban J connectivity index is 2.19. The first-order valence-corrected chi connectivity index (χ1v) is 7.64. The van der Waals surface area contributed by atoms with Crippen LogP contribution in [0.4, 0.5) is 0 Å². The highest BCUT2D eigenvalue weighted by Gasteiger charge is 2.32. The van der Waals surface area contributed by atoms with E-state index in [9.17, 15) is 4.79 Å². The third-order valence-corrected chi connectivity index (χ3v) is 4.71. The summed E-state index contributed by atoms with van der Waals surface area (Å²) in [6.07, 6.45) is 3.27. The van der Waals surface area contributed by atoms with E-state index in [4.69, 9.17) is 17.3 Å². The molecule has 2 unspecified atom stereocenters. The zero-order valence-electron chi connectivity index (χ0n) is 10.9. The molecule has 0 bridgehead atoms. The number of nitrogens with two attached hydrogens (primary N) is 1. The first-order valence-electron chi connectivity index (χ1n) is 6.47. The molecule has 2 atom stereocenters. The van der Waals surface area contributed by atoms with Crippen molar-refractivity contribution in [2.75, 3.05) is 13.6 Å². The molecule has 104 valence electrons. The average molecular weight is 346 g/mol. The van der Waals surface area contributed by atoms with Crippen molar-refractivity contribution in [2.45, 2.75) is 25.3 Å². The summed E-state index contributed by atoms with van der Waals surface area (Å²) < 4.78 is 0.873. The first kappa shape index (κ1) is 14.8. The summed E-state index contributed by atoms with van der Waals surface area (Å²) in [6.45, 7) is 0.635. The molecule has 1 aliphatic rings. The Morgan fingerprint density at radius 3 is 2.89 bits per heavy atom. The molecule has 1 aromatic rings. The minimum atomic E-state index is -0.0251. The van der Waals surface area contributed by atoms with Gasteiger partial charge in [0.05, 0.1) is 10.6 Å². The van der Waals surface area contributed by atoms with Crippen LogP contribution in [0.15, 0.2) is 22.7 Å². The van der Waals surface area contributed by atoms with Crippen LogP contribution in [0.5, 0.6) is 0 Å². The summed E-state index contributed by atoms with van der Waals surface area (Å²) in [5.41, 5.74) is 6.33. The van der Waals surface area contributed by atoms with Crippen molar-refractivity contribution >= 4 is 33.4 Å². The predicted molar refractivity (Wildman–Crippen MR) is 81.4 cm³/mol. The number of amides is 1. The maximum absolute atomic E-state index is 12.5.